The molecule has 1 aliphatic rings. The summed E-state index contributed by atoms with van der Waals surface area (Å²) in [6.07, 6.45) is 0.871. The Kier molecular flexibility index (Phi) is 5.48. The fourth-order valence-electron chi connectivity index (χ4n) is 2.46. The van der Waals surface area contributed by atoms with Crippen molar-refractivity contribution in [3.8, 4) is 0 Å². The zero-order valence-electron chi connectivity index (χ0n) is 11.9. The number of ether oxygens (including phenoxy) is 1. The molecule has 0 spiro atoms. The lowest BCUT2D eigenvalue weighted by Crippen LogP contribution is -2.43. The molecule has 0 N–H and O–H groups in total. The summed E-state index contributed by atoms with van der Waals surface area (Å²) >= 11 is 8.39. The molecule has 2 rings (SSSR count). The first-order valence-corrected chi connectivity index (χ1v) is 8.49. The standard InChI is InChI=1S/C15H17ClINO3/c1-3-21-15(20)18-13-5-4-11(16)7-10(13)8-12(17)6-9(2)14(18)19/h4-5,7,9,12H,3,6,8H2,1-2H3/t9-,12+/m1/s1. The van der Waals surface area contributed by atoms with Crippen molar-refractivity contribution >= 4 is 51.9 Å². The molecule has 0 fully saturated rings. The Morgan fingerprint density at radius 2 is 2.24 bits per heavy atom. The van der Waals surface area contributed by atoms with E-state index in [-0.39, 0.29) is 18.4 Å². The van der Waals surface area contributed by atoms with Crippen molar-refractivity contribution in [3.63, 3.8) is 0 Å². The van der Waals surface area contributed by atoms with E-state index < -0.39 is 6.09 Å². The van der Waals surface area contributed by atoms with E-state index in [4.69, 9.17) is 16.3 Å². The number of benzene rings is 1. The van der Waals surface area contributed by atoms with Crippen molar-refractivity contribution in [2.24, 2.45) is 5.92 Å². The molecular formula is C15H17ClINO3. The van der Waals surface area contributed by atoms with Crippen LogP contribution >= 0.6 is 34.2 Å². The molecule has 0 radical (unpaired) electrons. The van der Waals surface area contributed by atoms with Gasteiger partial charge >= 0.3 is 6.09 Å². The summed E-state index contributed by atoms with van der Waals surface area (Å²) in [6.45, 7) is 3.80. The minimum absolute atomic E-state index is 0.222. The normalized spacial score (nSPS) is 22.3. The van der Waals surface area contributed by atoms with Gasteiger partial charge in [0.2, 0.25) is 5.91 Å². The third kappa shape index (κ3) is 3.69. The van der Waals surface area contributed by atoms with Crippen LogP contribution in [0.4, 0.5) is 10.5 Å². The van der Waals surface area contributed by atoms with E-state index >= 15 is 0 Å². The van der Waals surface area contributed by atoms with Crippen molar-refractivity contribution in [1.29, 1.82) is 0 Å². The summed E-state index contributed by atoms with van der Waals surface area (Å²) in [5.41, 5.74) is 1.48. The van der Waals surface area contributed by atoms with E-state index in [1.54, 1.807) is 19.1 Å². The summed E-state index contributed by atoms with van der Waals surface area (Å²) in [4.78, 5) is 25.9. The second kappa shape index (κ2) is 6.96. The van der Waals surface area contributed by atoms with E-state index in [9.17, 15) is 9.59 Å². The van der Waals surface area contributed by atoms with Gasteiger partial charge in [0.05, 0.1) is 12.3 Å². The van der Waals surface area contributed by atoms with Crippen molar-refractivity contribution in [1.82, 2.24) is 0 Å². The lowest BCUT2D eigenvalue weighted by Gasteiger charge is -2.29. The van der Waals surface area contributed by atoms with Crippen LogP contribution in [0.2, 0.25) is 5.02 Å². The molecule has 2 amide bonds. The molecule has 114 valence electrons. The number of hydrogen-bond donors (Lipinski definition) is 0. The van der Waals surface area contributed by atoms with Crippen molar-refractivity contribution in [2.75, 3.05) is 11.5 Å². The summed E-state index contributed by atoms with van der Waals surface area (Å²) in [7, 11) is 0. The number of alkyl halides is 1. The molecule has 1 heterocycles. The molecule has 1 aromatic carbocycles. The van der Waals surface area contributed by atoms with Crippen LogP contribution in [0.15, 0.2) is 18.2 Å². The first-order chi connectivity index (χ1) is 9.93. The highest BCUT2D eigenvalue weighted by atomic mass is 127. The van der Waals surface area contributed by atoms with E-state index in [0.29, 0.717) is 14.6 Å². The van der Waals surface area contributed by atoms with Crippen LogP contribution in [-0.4, -0.2) is 22.5 Å². The third-order valence-electron chi connectivity index (χ3n) is 3.43. The highest BCUT2D eigenvalue weighted by molar-refractivity contribution is 14.1. The molecule has 0 saturated heterocycles. The Bertz CT molecular complexity index is 564. The fourth-order valence-corrected chi connectivity index (χ4v) is 3.89. The molecule has 6 heteroatoms. The Morgan fingerprint density at radius 3 is 2.90 bits per heavy atom. The van der Waals surface area contributed by atoms with Gasteiger partial charge in [-0.3, -0.25) is 4.79 Å². The van der Waals surface area contributed by atoms with Crippen LogP contribution in [0, 0.1) is 5.92 Å². The maximum atomic E-state index is 12.6. The van der Waals surface area contributed by atoms with E-state index in [0.717, 1.165) is 23.3 Å². The molecule has 21 heavy (non-hydrogen) atoms. The Morgan fingerprint density at radius 1 is 1.52 bits per heavy atom. The number of carbonyl (C=O) groups excluding carboxylic acids is 2. The first kappa shape index (κ1) is 16.5. The Labute approximate surface area is 142 Å². The van der Waals surface area contributed by atoms with Crippen LogP contribution < -0.4 is 4.90 Å². The van der Waals surface area contributed by atoms with Crippen molar-refractivity contribution in [3.05, 3.63) is 28.8 Å². The van der Waals surface area contributed by atoms with E-state index in [1.165, 1.54) is 0 Å². The van der Waals surface area contributed by atoms with Gasteiger partial charge in [0.25, 0.3) is 0 Å². The number of halogens is 2. The number of hydrogen-bond acceptors (Lipinski definition) is 3. The molecule has 0 aliphatic carbocycles. The number of rotatable bonds is 1. The van der Waals surface area contributed by atoms with Gasteiger partial charge in [0.15, 0.2) is 0 Å². The summed E-state index contributed by atoms with van der Waals surface area (Å²) < 4.78 is 5.36. The molecule has 0 unspecified atom stereocenters. The number of imide groups is 1. The third-order valence-corrected chi connectivity index (χ3v) is 4.61. The van der Waals surface area contributed by atoms with Crippen LogP contribution in [-0.2, 0) is 16.0 Å². The van der Waals surface area contributed by atoms with Gasteiger partial charge < -0.3 is 4.74 Å². The molecule has 2 atom stereocenters. The molecular weight excluding hydrogens is 405 g/mol. The summed E-state index contributed by atoms with van der Waals surface area (Å²) in [5.74, 6) is -0.446. The number of anilines is 1. The SMILES string of the molecule is CCOC(=O)N1C(=O)[C@H](C)C[C@H](I)Cc2cc(Cl)ccc21. The van der Waals surface area contributed by atoms with Gasteiger partial charge in [-0.15, -0.1) is 0 Å². The van der Waals surface area contributed by atoms with Crippen molar-refractivity contribution < 1.29 is 14.3 Å². The highest BCUT2D eigenvalue weighted by Gasteiger charge is 2.34. The summed E-state index contributed by atoms with van der Waals surface area (Å²) in [5, 5.41) is 0.599. The Hall–Kier alpha value is -0.820. The number of amides is 2. The zero-order chi connectivity index (χ0) is 15.6. The van der Waals surface area contributed by atoms with E-state index in [2.05, 4.69) is 22.6 Å². The maximum absolute atomic E-state index is 12.6. The highest BCUT2D eigenvalue weighted by Crippen LogP contribution is 2.33. The van der Waals surface area contributed by atoms with E-state index in [1.807, 2.05) is 13.0 Å². The lowest BCUT2D eigenvalue weighted by atomic mass is 9.95. The lowest BCUT2D eigenvalue weighted by molar-refractivity contribution is -0.121. The van der Waals surface area contributed by atoms with Crippen LogP contribution in [0.5, 0.6) is 0 Å². The van der Waals surface area contributed by atoms with Gasteiger partial charge in [-0.25, -0.2) is 9.69 Å². The Balaban J connectivity index is 2.52. The zero-order valence-corrected chi connectivity index (χ0v) is 14.8. The predicted octanol–water partition coefficient (Wildman–Crippen LogP) is 4.22. The number of carbonyl (C=O) groups is 2. The predicted molar refractivity (Wildman–Crippen MR) is 91.3 cm³/mol. The average molecular weight is 422 g/mol. The topological polar surface area (TPSA) is 46.6 Å². The molecule has 4 nitrogen and oxygen atoms in total. The second-order valence-corrected chi connectivity index (χ2v) is 7.28. The number of nitrogens with zero attached hydrogens (tertiary/aromatic N) is 1. The minimum atomic E-state index is -0.621. The van der Waals surface area contributed by atoms with Gasteiger partial charge in [0.1, 0.15) is 0 Å². The molecule has 0 aromatic heterocycles. The second-order valence-electron chi connectivity index (χ2n) is 5.08. The molecule has 1 aliphatic heterocycles. The molecule has 0 saturated carbocycles. The molecule has 1 aromatic rings. The summed E-state index contributed by atoms with van der Waals surface area (Å²) in [6, 6.07) is 5.22. The maximum Gasteiger partial charge on any atom is 0.421 e. The monoisotopic (exact) mass is 421 g/mol. The average Bonchev–Trinajstić information content (AvgIpc) is 2.40. The van der Waals surface area contributed by atoms with Crippen LogP contribution in [0.25, 0.3) is 0 Å². The van der Waals surface area contributed by atoms with Gasteiger partial charge in [0, 0.05) is 14.9 Å². The van der Waals surface area contributed by atoms with Crippen LogP contribution in [0.3, 0.4) is 0 Å². The first-order valence-electron chi connectivity index (χ1n) is 6.87. The van der Waals surface area contributed by atoms with Gasteiger partial charge in [-0.1, -0.05) is 41.1 Å². The van der Waals surface area contributed by atoms with Crippen LogP contribution in [0.1, 0.15) is 25.8 Å². The number of fused-ring (bicyclic) bond motifs is 1. The smallest absolute Gasteiger partial charge is 0.421 e. The quantitative estimate of drug-likeness (QED) is 0.504. The fraction of sp³-hybridized carbons (Fsp3) is 0.467. The largest absolute Gasteiger partial charge is 0.449 e. The molecule has 0 bridgehead atoms. The van der Waals surface area contributed by atoms with Gasteiger partial charge in [-0.2, -0.15) is 0 Å². The minimum Gasteiger partial charge on any atom is -0.449 e. The van der Waals surface area contributed by atoms with Gasteiger partial charge in [-0.05, 0) is 43.5 Å². The van der Waals surface area contributed by atoms with Crippen molar-refractivity contribution in [2.45, 2.75) is 30.6 Å².